The highest BCUT2D eigenvalue weighted by molar-refractivity contribution is 6.20. The first-order chi connectivity index (χ1) is 20.5. The van der Waals surface area contributed by atoms with Crippen LogP contribution in [0.1, 0.15) is 48.7 Å². The number of carbonyl (C=O) groups excluding carboxylic acids is 3. The SMILES string of the molecule is CCN1C(=O)C(C)(C)C(=O)N(C)c2cc(OCCCN(CCN(C)C(=O)c3cccc(C)c3)Cc3ccncc3)ccc21. The van der Waals surface area contributed by atoms with Gasteiger partial charge in [-0.25, -0.2) is 0 Å². The van der Waals surface area contributed by atoms with Crippen molar-refractivity contribution in [3.05, 3.63) is 83.7 Å². The van der Waals surface area contributed by atoms with Crippen molar-refractivity contribution in [2.75, 3.05) is 56.7 Å². The van der Waals surface area contributed by atoms with Crippen LogP contribution in [0.3, 0.4) is 0 Å². The Hall–Kier alpha value is -4.24. The Morgan fingerprint density at radius 2 is 1.70 bits per heavy atom. The summed E-state index contributed by atoms with van der Waals surface area (Å²) < 4.78 is 6.14. The molecule has 2 aromatic carbocycles. The molecule has 0 radical (unpaired) electrons. The van der Waals surface area contributed by atoms with Crippen molar-refractivity contribution in [1.29, 1.82) is 0 Å². The maximum atomic E-state index is 13.1. The maximum Gasteiger partial charge on any atom is 0.253 e. The molecule has 228 valence electrons. The van der Waals surface area contributed by atoms with Crippen molar-refractivity contribution >= 4 is 29.1 Å². The number of hydrogen-bond acceptors (Lipinski definition) is 6. The van der Waals surface area contributed by atoms with Gasteiger partial charge in [0.1, 0.15) is 11.2 Å². The fraction of sp³-hybridized carbons (Fsp3) is 0.412. The van der Waals surface area contributed by atoms with Crippen molar-refractivity contribution in [2.24, 2.45) is 5.41 Å². The third-order valence-electron chi connectivity index (χ3n) is 7.94. The molecule has 0 N–H and O–H groups in total. The fourth-order valence-electron chi connectivity index (χ4n) is 5.36. The summed E-state index contributed by atoms with van der Waals surface area (Å²) >= 11 is 0. The molecule has 1 aromatic heterocycles. The number of carbonyl (C=O) groups is 3. The Bertz CT molecular complexity index is 1440. The smallest absolute Gasteiger partial charge is 0.253 e. The van der Waals surface area contributed by atoms with Crippen LogP contribution >= 0.6 is 0 Å². The quantitative estimate of drug-likeness (QED) is 0.225. The summed E-state index contributed by atoms with van der Waals surface area (Å²) in [7, 11) is 3.55. The van der Waals surface area contributed by atoms with E-state index < -0.39 is 5.41 Å². The fourth-order valence-corrected chi connectivity index (χ4v) is 5.36. The van der Waals surface area contributed by atoms with E-state index in [-0.39, 0.29) is 17.7 Å². The van der Waals surface area contributed by atoms with Gasteiger partial charge in [-0.3, -0.25) is 24.3 Å². The van der Waals surface area contributed by atoms with Crippen LogP contribution in [0.25, 0.3) is 0 Å². The van der Waals surface area contributed by atoms with Gasteiger partial charge in [-0.2, -0.15) is 0 Å². The number of benzene rings is 2. The molecule has 1 aliphatic heterocycles. The van der Waals surface area contributed by atoms with E-state index in [0.717, 1.165) is 30.6 Å². The molecule has 1 aliphatic rings. The number of likely N-dealkylation sites (N-methyl/N-ethyl adjacent to an activating group) is 1. The minimum absolute atomic E-state index is 0.00859. The van der Waals surface area contributed by atoms with Crippen LogP contribution in [0.4, 0.5) is 11.4 Å². The van der Waals surface area contributed by atoms with Crippen LogP contribution in [0.2, 0.25) is 0 Å². The van der Waals surface area contributed by atoms with Crippen molar-refractivity contribution in [3.63, 3.8) is 0 Å². The lowest BCUT2D eigenvalue weighted by molar-refractivity contribution is -0.137. The van der Waals surface area contributed by atoms with E-state index in [4.69, 9.17) is 4.74 Å². The predicted molar refractivity (Wildman–Crippen MR) is 169 cm³/mol. The van der Waals surface area contributed by atoms with Crippen LogP contribution in [-0.4, -0.2) is 79.4 Å². The summed E-state index contributed by atoms with van der Waals surface area (Å²) in [6.45, 7) is 11.0. The molecule has 0 atom stereocenters. The van der Waals surface area contributed by atoms with E-state index in [2.05, 4.69) is 9.88 Å². The minimum Gasteiger partial charge on any atom is -0.493 e. The molecule has 9 heteroatoms. The Morgan fingerprint density at radius 1 is 0.953 bits per heavy atom. The van der Waals surface area contributed by atoms with Gasteiger partial charge in [-0.1, -0.05) is 17.7 Å². The number of anilines is 2. The third-order valence-corrected chi connectivity index (χ3v) is 7.94. The van der Waals surface area contributed by atoms with E-state index in [1.165, 1.54) is 0 Å². The Labute approximate surface area is 255 Å². The number of amides is 3. The van der Waals surface area contributed by atoms with Crippen molar-refractivity contribution in [2.45, 2.75) is 40.7 Å². The van der Waals surface area contributed by atoms with Gasteiger partial charge in [-0.15, -0.1) is 0 Å². The van der Waals surface area contributed by atoms with Crippen LogP contribution in [-0.2, 0) is 16.1 Å². The van der Waals surface area contributed by atoms with E-state index in [0.29, 0.717) is 48.9 Å². The molecule has 0 aliphatic carbocycles. The van der Waals surface area contributed by atoms with Gasteiger partial charge in [0.2, 0.25) is 11.8 Å². The minimum atomic E-state index is -1.15. The lowest BCUT2D eigenvalue weighted by Crippen LogP contribution is -2.47. The maximum absolute atomic E-state index is 13.1. The second kappa shape index (κ2) is 13.8. The normalized spacial score (nSPS) is 14.5. The molecule has 0 saturated heterocycles. The molecule has 3 aromatic rings. The van der Waals surface area contributed by atoms with Crippen LogP contribution in [0.5, 0.6) is 5.75 Å². The highest BCUT2D eigenvalue weighted by Gasteiger charge is 2.45. The van der Waals surface area contributed by atoms with Gasteiger partial charge in [0.15, 0.2) is 0 Å². The molecule has 0 bridgehead atoms. The first kappa shape index (κ1) is 31.7. The number of aryl methyl sites for hydroxylation is 1. The summed E-state index contributed by atoms with van der Waals surface area (Å²) in [5.74, 6) is 0.198. The molecule has 0 unspecified atom stereocenters. The van der Waals surface area contributed by atoms with Crippen molar-refractivity contribution in [1.82, 2.24) is 14.8 Å². The first-order valence-electron chi connectivity index (χ1n) is 14.8. The van der Waals surface area contributed by atoms with E-state index in [1.807, 2.05) is 75.5 Å². The number of aromatic nitrogens is 1. The molecule has 0 spiro atoms. The highest BCUT2D eigenvalue weighted by atomic mass is 16.5. The van der Waals surface area contributed by atoms with Gasteiger partial charge in [0.25, 0.3) is 5.91 Å². The molecule has 0 fully saturated rings. The number of fused-ring (bicyclic) bond motifs is 1. The largest absolute Gasteiger partial charge is 0.493 e. The van der Waals surface area contributed by atoms with Gasteiger partial charge >= 0.3 is 0 Å². The summed E-state index contributed by atoms with van der Waals surface area (Å²) in [6.07, 6.45) is 4.34. The average Bonchev–Trinajstić information content (AvgIpc) is 3.05. The van der Waals surface area contributed by atoms with Gasteiger partial charge in [0, 0.05) is 70.8 Å². The highest BCUT2D eigenvalue weighted by Crippen LogP contribution is 2.40. The first-order valence-corrected chi connectivity index (χ1v) is 14.8. The number of nitrogens with zero attached hydrogens (tertiary/aromatic N) is 5. The second-order valence-electron chi connectivity index (χ2n) is 11.6. The van der Waals surface area contributed by atoms with Gasteiger partial charge in [0.05, 0.1) is 18.0 Å². The Morgan fingerprint density at radius 3 is 2.40 bits per heavy atom. The average molecular weight is 586 g/mol. The summed E-state index contributed by atoms with van der Waals surface area (Å²) in [5, 5.41) is 0. The zero-order valence-electron chi connectivity index (χ0n) is 26.2. The monoisotopic (exact) mass is 585 g/mol. The standard InChI is InChI=1S/C34H43N5O4/c1-7-39-29-13-12-28(23-30(29)37(6)32(41)34(3,4)33(39)42)43-21-9-18-38(24-26-14-16-35-17-15-26)20-19-36(5)31(40)27-11-8-10-25(2)22-27/h8,10-17,22-23H,7,9,18-21,24H2,1-6H3. The Balaban J connectivity index is 1.39. The van der Waals surface area contributed by atoms with Crippen molar-refractivity contribution in [3.8, 4) is 5.75 Å². The number of rotatable bonds is 12. The van der Waals surface area contributed by atoms with Gasteiger partial charge in [-0.05, 0) is 76.1 Å². The van der Waals surface area contributed by atoms with Crippen LogP contribution in [0, 0.1) is 12.3 Å². The molecule has 43 heavy (non-hydrogen) atoms. The van der Waals surface area contributed by atoms with E-state index in [1.54, 1.807) is 48.0 Å². The summed E-state index contributed by atoms with van der Waals surface area (Å²) in [5.41, 5.74) is 3.12. The molecule has 2 heterocycles. The molecule has 0 saturated carbocycles. The molecule has 4 rings (SSSR count). The lowest BCUT2D eigenvalue weighted by atomic mass is 9.90. The Kier molecular flexibility index (Phi) is 10.2. The zero-order chi connectivity index (χ0) is 31.1. The number of ether oxygens (including phenoxy) is 1. The molecule has 9 nitrogen and oxygen atoms in total. The second-order valence-corrected chi connectivity index (χ2v) is 11.6. The summed E-state index contributed by atoms with van der Waals surface area (Å²) in [6, 6.07) is 17.2. The summed E-state index contributed by atoms with van der Waals surface area (Å²) in [4.78, 5) is 50.7. The molecular formula is C34H43N5O4. The van der Waals surface area contributed by atoms with E-state index in [9.17, 15) is 14.4 Å². The molecular weight excluding hydrogens is 542 g/mol. The van der Waals surface area contributed by atoms with Crippen LogP contribution in [0.15, 0.2) is 67.0 Å². The van der Waals surface area contributed by atoms with Crippen LogP contribution < -0.4 is 14.5 Å². The van der Waals surface area contributed by atoms with Crippen molar-refractivity contribution < 1.29 is 19.1 Å². The number of pyridine rings is 1. The molecule has 3 amide bonds. The lowest BCUT2D eigenvalue weighted by Gasteiger charge is -2.27. The topological polar surface area (TPSA) is 86.3 Å². The van der Waals surface area contributed by atoms with E-state index >= 15 is 0 Å². The third kappa shape index (κ3) is 7.40. The predicted octanol–water partition coefficient (Wildman–Crippen LogP) is 4.79. The zero-order valence-corrected chi connectivity index (χ0v) is 26.2. The van der Waals surface area contributed by atoms with Gasteiger partial charge < -0.3 is 19.4 Å². The number of hydrogen-bond donors (Lipinski definition) is 0.